The summed E-state index contributed by atoms with van der Waals surface area (Å²) in [6, 6.07) is 10.7. The van der Waals surface area contributed by atoms with E-state index in [4.69, 9.17) is 0 Å². The monoisotopic (exact) mass is 470 g/mol. The van der Waals surface area contributed by atoms with E-state index in [9.17, 15) is 4.79 Å². The van der Waals surface area contributed by atoms with Gasteiger partial charge in [-0.25, -0.2) is 0 Å². The minimum Gasteiger partial charge on any atom is -0.347 e. The Balaban J connectivity index is 0.00000243. The van der Waals surface area contributed by atoms with Gasteiger partial charge in [0.1, 0.15) is 0 Å². The maximum Gasteiger partial charge on any atom is 0.241 e. The molecule has 6 heteroatoms. The van der Waals surface area contributed by atoms with Gasteiger partial charge in [-0.3, -0.25) is 9.79 Å². The first-order chi connectivity index (χ1) is 12.3. The number of hydrogen-bond donors (Lipinski definition) is 1. The van der Waals surface area contributed by atoms with Crippen LogP contribution in [-0.4, -0.2) is 61.4 Å². The largest absolute Gasteiger partial charge is 0.347 e. The zero-order valence-corrected chi connectivity index (χ0v) is 18.0. The van der Waals surface area contributed by atoms with Crippen LogP contribution in [0.4, 0.5) is 0 Å². The summed E-state index contributed by atoms with van der Waals surface area (Å²) in [6.07, 6.45) is 5.80. The van der Waals surface area contributed by atoms with Gasteiger partial charge in [0, 0.05) is 33.2 Å². The number of nitrogens with one attached hydrogen (secondary N) is 1. The van der Waals surface area contributed by atoms with Gasteiger partial charge in [0.25, 0.3) is 0 Å². The van der Waals surface area contributed by atoms with Gasteiger partial charge in [-0.1, -0.05) is 30.3 Å². The Morgan fingerprint density at radius 1 is 1.12 bits per heavy atom. The van der Waals surface area contributed by atoms with Gasteiger partial charge in [0.05, 0.1) is 6.54 Å². The topological polar surface area (TPSA) is 47.9 Å². The Kier molecular flexibility index (Phi) is 8.68. The summed E-state index contributed by atoms with van der Waals surface area (Å²) in [6.45, 7) is 4.18. The first kappa shape index (κ1) is 21.0. The number of piperidine rings is 1. The predicted molar refractivity (Wildman–Crippen MR) is 117 cm³/mol. The van der Waals surface area contributed by atoms with E-state index in [-0.39, 0.29) is 29.9 Å². The Bertz CT molecular complexity index is 587. The van der Waals surface area contributed by atoms with E-state index in [1.54, 1.807) is 7.05 Å². The first-order valence-corrected chi connectivity index (χ1v) is 9.53. The lowest BCUT2D eigenvalue weighted by atomic mass is 9.99. The molecule has 1 N–H and O–H groups in total. The highest BCUT2D eigenvalue weighted by atomic mass is 127. The van der Waals surface area contributed by atoms with Crippen molar-refractivity contribution in [3.05, 3.63) is 35.9 Å². The molecule has 0 aromatic heterocycles. The zero-order valence-electron chi connectivity index (χ0n) is 15.7. The van der Waals surface area contributed by atoms with Gasteiger partial charge in [-0.05, 0) is 43.6 Å². The van der Waals surface area contributed by atoms with Gasteiger partial charge in [0.15, 0.2) is 5.96 Å². The lowest BCUT2D eigenvalue weighted by Crippen LogP contribution is -2.47. The summed E-state index contributed by atoms with van der Waals surface area (Å²) in [5.41, 5.74) is 1.40. The van der Waals surface area contributed by atoms with Gasteiger partial charge >= 0.3 is 0 Å². The number of likely N-dealkylation sites (tertiary alicyclic amines) is 2. The molecule has 0 spiro atoms. The molecule has 1 unspecified atom stereocenters. The molecule has 0 radical (unpaired) electrons. The second kappa shape index (κ2) is 10.7. The summed E-state index contributed by atoms with van der Waals surface area (Å²) in [7, 11) is 1.80. The lowest BCUT2D eigenvalue weighted by Gasteiger charge is -2.28. The summed E-state index contributed by atoms with van der Waals surface area (Å²) in [5, 5.41) is 3.28. The van der Waals surface area contributed by atoms with E-state index in [0.29, 0.717) is 12.5 Å². The van der Waals surface area contributed by atoms with Crippen LogP contribution in [0.25, 0.3) is 0 Å². The molecular formula is C20H31IN4O. The summed E-state index contributed by atoms with van der Waals surface area (Å²) < 4.78 is 0. The number of carbonyl (C=O) groups is 1. The van der Waals surface area contributed by atoms with Crippen LogP contribution >= 0.6 is 24.0 Å². The second-order valence-corrected chi connectivity index (χ2v) is 7.13. The maximum absolute atomic E-state index is 12.3. The normalized spacial score (nSPS) is 20.7. The van der Waals surface area contributed by atoms with Gasteiger partial charge in [-0.15, -0.1) is 24.0 Å². The molecule has 0 aliphatic carbocycles. The van der Waals surface area contributed by atoms with Gasteiger partial charge < -0.3 is 15.1 Å². The molecule has 2 heterocycles. The first-order valence-electron chi connectivity index (χ1n) is 9.53. The Morgan fingerprint density at radius 2 is 1.85 bits per heavy atom. The average Bonchev–Trinajstić information content (AvgIpc) is 3.12. The molecule has 1 amide bonds. The number of aliphatic imine (C=N–C) groups is 1. The highest BCUT2D eigenvalue weighted by molar-refractivity contribution is 14.0. The Hall–Kier alpha value is -1.31. The fourth-order valence-electron chi connectivity index (χ4n) is 3.88. The van der Waals surface area contributed by atoms with Crippen molar-refractivity contribution >= 4 is 35.8 Å². The van der Waals surface area contributed by atoms with Gasteiger partial charge in [0.2, 0.25) is 5.91 Å². The van der Waals surface area contributed by atoms with Crippen LogP contribution in [0.2, 0.25) is 0 Å². The van der Waals surface area contributed by atoms with Crippen LogP contribution in [0.3, 0.4) is 0 Å². The molecule has 1 atom stereocenters. The standard InChI is InChI=1S/C20H30N4O.HI/c1-21-20(22-15-19(25)23-11-6-3-7-12-23)24-13-10-18(16-24)14-17-8-4-2-5-9-17;/h2,4-5,8-9,18H,3,6-7,10-16H2,1H3,(H,21,22);1H. The van der Waals surface area contributed by atoms with Crippen LogP contribution in [-0.2, 0) is 11.2 Å². The van der Waals surface area contributed by atoms with Crippen LogP contribution in [0.1, 0.15) is 31.2 Å². The molecule has 2 aliphatic heterocycles. The molecule has 26 heavy (non-hydrogen) atoms. The number of amides is 1. The average molecular weight is 470 g/mol. The second-order valence-electron chi connectivity index (χ2n) is 7.13. The maximum atomic E-state index is 12.3. The molecule has 3 rings (SSSR count). The van der Waals surface area contributed by atoms with E-state index in [0.717, 1.165) is 51.4 Å². The van der Waals surface area contributed by atoms with Crippen molar-refractivity contribution in [3.63, 3.8) is 0 Å². The number of guanidine groups is 1. The van der Waals surface area contributed by atoms with E-state index >= 15 is 0 Å². The van der Waals surface area contributed by atoms with Crippen molar-refractivity contribution in [1.29, 1.82) is 0 Å². The highest BCUT2D eigenvalue weighted by Crippen LogP contribution is 2.20. The summed E-state index contributed by atoms with van der Waals surface area (Å²) in [4.78, 5) is 21.0. The number of hydrogen-bond acceptors (Lipinski definition) is 2. The number of carbonyl (C=O) groups excluding carboxylic acids is 1. The number of benzene rings is 1. The molecule has 2 aliphatic rings. The number of halogens is 1. The minimum absolute atomic E-state index is 0. The molecule has 2 saturated heterocycles. The van der Waals surface area contributed by atoms with E-state index < -0.39 is 0 Å². The van der Waals surface area contributed by atoms with Crippen molar-refractivity contribution in [2.75, 3.05) is 39.8 Å². The van der Waals surface area contributed by atoms with E-state index in [1.807, 2.05) is 4.90 Å². The third-order valence-electron chi connectivity index (χ3n) is 5.27. The van der Waals surface area contributed by atoms with Crippen molar-refractivity contribution in [3.8, 4) is 0 Å². The number of nitrogens with zero attached hydrogens (tertiary/aromatic N) is 3. The Morgan fingerprint density at radius 3 is 2.54 bits per heavy atom. The summed E-state index contributed by atoms with van der Waals surface area (Å²) >= 11 is 0. The smallest absolute Gasteiger partial charge is 0.241 e. The van der Waals surface area contributed by atoms with Crippen LogP contribution < -0.4 is 5.32 Å². The lowest BCUT2D eigenvalue weighted by molar-refractivity contribution is -0.130. The van der Waals surface area contributed by atoms with Crippen LogP contribution in [0, 0.1) is 5.92 Å². The molecular weight excluding hydrogens is 439 g/mol. The van der Waals surface area contributed by atoms with Crippen LogP contribution in [0.15, 0.2) is 35.3 Å². The quantitative estimate of drug-likeness (QED) is 0.419. The Labute approximate surface area is 174 Å². The third-order valence-corrected chi connectivity index (χ3v) is 5.27. The molecule has 144 valence electrons. The number of rotatable bonds is 4. The predicted octanol–water partition coefficient (Wildman–Crippen LogP) is 2.76. The van der Waals surface area contributed by atoms with Gasteiger partial charge in [-0.2, -0.15) is 0 Å². The van der Waals surface area contributed by atoms with Crippen molar-refractivity contribution in [2.45, 2.75) is 32.1 Å². The molecule has 5 nitrogen and oxygen atoms in total. The fourth-order valence-corrected chi connectivity index (χ4v) is 3.88. The fraction of sp³-hybridized carbons (Fsp3) is 0.600. The van der Waals surface area contributed by atoms with Crippen molar-refractivity contribution in [2.24, 2.45) is 10.9 Å². The molecule has 0 bridgehead atoms. The third kappa shape index (κ3) is 5.86. The molecule has 1 aromatic carbocycles. The van der Waals surface area contributed by atoms with Crippen LogP contribution in [0.5, 0.6) is 0 Å². The molecule has 1 aromatic rings. The SMILES string of the molecule is CN=C(NCC(=O)N1CCCCC1)N1CCC(Cc2ccccc2)C1.I. The van der Waals surface area contributed by atoms with Crippen molar-refractivity contribution < 1.29 is 4.79 Å². The minimum atomic E-state index is 0. The van der Waals surface area contributed by atoms with E-state index in [1.165, 1.54) is 18.4 Å². The highest BCUT2D eigenvalue weighted by Gasteiger charge is 2.25. The zero-order chi connectivity index (χ0) is 17.5. The molecule has 2 fully saturated rings. The molecule has 0 saturated carbocycles. The summed E-state index contributed by atoms with van der Waals surface area (Å²) in [5.74, 6) is 1.71. The van der Waals surface area contributed by atoms with Crippen molar-refractivity contribution in [1.82, 2.24) is 15.1 Å². The van der Waals surface area contributed by atoms with E-state index in [2.05, 4.69) is 45.5 Å².